The minimum Gasteiger partial charge on any atom is -0.365 e. The van der Waals surface area contributed by atoms with E-state index in [-0.39, 0.29) is 22.8 Å². The van der Waals surface area contributed by atoms with E-state index in [0.29, 0.717) is 0 Å². The fourth-order valence-electron chi connectivity index (χ4n) is 1.74. The molecule has 1 atom stereocenters. The van der Waals surface area contributed by atoms with Gasteiger partial charge < -0.3 is 5.32 Å². The first-order chi connectivity index (χ1) is 8.46. The summed E-state index contributed by atoms with van der Waals surface area (Å²) >= 11 is 0. The lowest BCUT2D eigenvalue weighted by Gasteiger charge is -2.21. The van der Waals surface area contributed by atoms with Crippen LogP contribution >= 0.6 is 0 Å². The number of hydroxylamine groups is 1. The van der Waals surface area contributed by atoms with Crippen molar-refractivity contribution in [3.8, 4) is 0 Å². The Morgan fingerprint density at radius 1 is 1.61 bits per heavy atom. The van der Waals surface area contributed by atoms with Gasteiger partial charge in [-0.3, -0.25) is 10.0 Å². The quantitative estimate of drug-likeness (QED) is 0.566. The van der Waals surface area contributed by atoms with E-state index in [0.717, 1.165) is 18.9 Å². The van der Waals surface area contributed by atoms with Gasteiger partial charge in [-0.25, -0.2) is 14.9 Å². The summed E-state index contributed by atoms with van der Waals surface area (Å²) in [7, 11) is 0. The van der Waals surface area contributed by atoms with Gasteiger partial charge in [0.1, 0.15) is 0 Å². The Morgan fingerprint density at radius 2 is 2.28 bits per heavy atom. The molecule has 1 fully saturated rings. The molecule has 18 heavy (non-hydrogen) atoms. The number of aromatic nitrogens is 1. The van der Waals surface area contributed by atoms with Crippen LogP contribution in [0.15, 0.2) is 12.3 Å². The summed E-state index contributed by atoms with van der Waals surface area (Å²) in [5, 5.41) is 11.5. The fourth-order valence-corrected chi connectivity index (χ4v) is 1.74. The molecule has 1 aliphatic rings. The van der Waals surface area contributed by atoms with Crippen molar-refractivity contribution in [2.24, 2.45) is 5.41 Å². The highest BCUT2D eigenvalue weighted by molar-refractivity contribution is 5.93. The number of rotatable bonds is 4. The molecule has 3 N–H and O–H groups in total. The summed E-state index contributed by atoms with van der Waals surface area (Å²) in [5.74, 6) is -1.26. The van der Waals surface area contributed by atoms with Gasteiger partial charge in [-0.2, -0.15) is 0 Å². The summed E-state index contributed by atoms with van der Waals surface area (Å²) < 4.78 is 13.7. The van der Waals surface area contributed by atoms with Crippen LogP contribution in [0.4, 0.5) is 10.2 Å². The van der Waals surface area contributed by atoms with Gasteiger partial charge >= 0.3 is 0 Å². The second-order valence-corrected chi connectivity index (χ2v) is 5.02. The zero-order valence-corrected chi connectivity index (χ0v) is 10.3. The van der Waals surface area contributed by atoms with Crippen LogP contribution < -0.4 is 10.8 Å². The van der Waals surface area contributed by atoms with Gasteiger partial charge in [0.2, 0.25) is 0 Å². The minimum atomic E-state index is -0.782. The predicted molar refractivity (Wildman–Crippen MR) is 63.9 cm³/mol. The third-order valence-corrected chi connectivity index (χ3v) is 3.64. The fraction of sp³-hybridized carbons (Fsp3) is 0.500. The number of amides is 1. The summed E-state index contributed by atoms with van der Waals surface area (Å²) in [5.41, 5.74) is 1.62. The van der Waals surface area contributed by atoms with E-state index in [1.807, 2.05) is 6.92 Å². The summed E-state index contributed by atoms with van der Waals surface area (Å²) in [6, 6.07) is 1.17. The van der Waals surface area contributed by atoms with E-state index >= 15 is 0 Å². The second kappa shape index (κ2) is 4.53. The van der Waals surface area contributed by atoms with Crippen molar-refractivity contribution in [2.45, 2.75) is 32.7 Å². The average molecular weight is 253 g/mol. The van der Waals surface area contributed by atoms with E-state index in [1.54, 1.807) is 0 Å². The van der Waals surface area contributed by atoms with Crippen LogP contribution in [0.2, 0.25) is 0 Å². The molecule has 1 aromatic heterocycles. The average Bonchev–Trinajstić information content (AvgIpc) is 3.10. The van der Waals surface area contributed by atoms with Gasteiger partial charge in [-0.1, -0.05) is 6.92 Å². The van der Waals surface area contributed by atoms with E-state index < -0.39 is 11.7 Å². The largest absolute Gasteiger partial charge is 0.365 e. The Bertz CT molecular complexity index is 474. The van der Waals surface area contributed by atoms with Gasteiger partial charge in [0, 0.05) is 12.2 Å². The Kier molecular flexibility index (Phi) is 3.21. The zero-order valence-electron chi connectivity index (χ0n) is 10.3. The molecule has 1 saturated carbocycles. The lowest BCUT2D eigenvalue weighted by atomic mass is 10.0. The molecule has 2 rings (SSSR count). The van der Waals surface area contributed by atoms with Gasteiger partial charge in [0.15, 0.2) is 11.6 Å². The van der Waals surface area contributed by atoms with Crippen molar-refractivity contribution in [1.82, 2.24) is 10.5 Å². The Hall–Kier alpha value is -1.69. The Balaban J connectivity index is 2.12. The SMILES string of the molecule is C[C@H](Nc1ncc(C(=O)NO)cc1F)C1(C)CC1. The molecule has 0 aliphatic heterocycles. The number of pyridine rings is 1. The maximum absolute atomic E-state index is 13.7. The van der Waals surface area contributed by atoms with E-state index in [2.05, 4.69) is 17.2 Å². The highest BCUT2D eigenvalue weighted by atomic mass is 19.1. The van der Waals surface area contributed by atoms with Crippen molar-refractivity contribution < 1.29 is 14.4 Å². The molecule has 0 saturated heterocycles. The van der Waals surface area contributed by atoms with Crippen LogP contribution in [0.25, 0.3) is 0 Å². The number of halogens is 1. The minimum absolute atomic E-state index is 0.0224. The van der Waals surface area contributed by atoms with Crippen LogP contribution in [-0.2, 0) is 0 Å². The molecule has 98 valence electrons. The second-order valence-electron chi connectivity index (χ2n) is 5.02. The number of anilines is 1. The molecule has 0 spiro atoms. The number of carbonyl (C=O) groups is 1. The topological polar surface area (TPSA) is 74.2 Å². The molecule has 1 aliphatic carbocycles. The van der Waals surface area contributed by atoms with Crippen molar-refractivity contribution in [1.29, 1.82) is 0 Å². The maximum atomic E-state index is 13.7. The molecule has 0 radical (unpaired) electrons. The Morgan fingerprint density at radius 3 is 2.78 bits per heavy atom. The van der Waals surface area contributed by atoms with Gasteiger partial charge in [0.25, 0.3) is 5.91 Å². The van der Waals surface area contributed by atoms with Crippen LogP contribution in [0.5, 0.6) is 0 Å². The highest BCUT2D eigenvalue weighted by Crippen LogP contribution is 2.48. The molecule has 1 heterocycles. The van der Waals surface area contributed by atoms with Crippen LogP contribution in [0.3, 0.4) is 0 Å². The molecule has 0 unspecified atom stereocenters. The first kappa shape index (κ1) is 12.8. The lowest BCUT2D eigenvalue weighted by Crippen LogP contribution is -2.26. The van der Waals surface area contributed by atoms with Gasteiger partial charge in [0.05, 0.1) is 5.56 Å². The zero-order chi connectivity index (χ0) is 13.3. The van der Waals surface area contributed by atoms with Crippen LogP contribution in [-0.4, -0.2) is 22.1 Å². The predicted octanol–water partition coefficient (Wildman–Crippen LogP) is 1.94. The highest BCUT2D eigenvalue weighted by Gasteiger charge is 2.42. The third-order valence-electron chi connectivity index (χ3n) is 3.64. The van der Waals surface area contributed by atoms with Crippen LogP contribution in [0.1, 0.15) is 37.0 Å². The number of hydrogen-bond acceptors (Lipinski definition) is 4. The maximum Gasteiger partial charge on any atom is 0.276 e. The van der Waals surface area contributed by atoms with Crippen molar-refractivity contribution in [2.75, 3.05) is 5.32 Å². The summed E-state index contributed by atoms with van der Waals surface area (Å²) in [4.78, 5) is 15.0. The van der Waals surface area contributed by atoms with E-state index in [1.165, 1.54) is 11.7 Å². The van der Waals surface area contributed by atoms with E-state index in [9.17, 15) is 9.18 Å². The van der Waals surface area contributed by atoms with Crippen molar-refractivity contribution in [3.05, 3.63) is 23.6 Å². The smallest absolute Gasteiger partial charge is 0.276 e. The molecular formula is C12H16FN3O2. The van der Waals surface area contributed by atoms with Crippen molar-refractivity contribution in [3.63, 3.8) is 0 Å². The molecule has 0 bridgehead atoms. The summed E-state index contributed by atoms with van der Waals surface area (Å²) in [6.45, 7) is 4.12. The first-order valence-electron chi connectivity index (χ1n) is 5.83. The van der Waals surface area contributed by atoms with Gasteiger partial charge in [-0.15, -0.1) is 0 Å². The number of carbonyl (C=O) groups excluding carboxylic acids is 1. The van der Waals surface area contributed by atoms with Crippen molar-refractivity contribution >= 4 is 11.7 Å². The molecule has 1 aromatic rings. The van der Waals surface area contributed by atoms with E-state index in [4.69, 9.17) is 5.21 Å². The monoisotopic (exact) mass is 253 g/mol. The molecular weight excluding hydrogens is 237 g/mol. The number of hydrogen-bond donors (Lipinski definition) is 3. The lowest BCUT2D eigenvalue weighted by molar-refractivity contribution is 0.0705. The Labute approximate surface area is 104 Å². The van der Waals surface area contributed by atoms with Crippen LogP contribution in [0, 0.1) is 11.2 Å². The summed E-state index contributed by atoms with van der Waals surface area (Å²) in [6.07, 6.45) is 3.46. The number of nitrogens with one attached hydrogen (secondary N) is 2. The molecule has 0 aromatic carbocycles. The number of nitrogens with zero attached hydrogens (tertiary/aromatic N) is 1. The standard InChI is InChI=1S/C12H16FN3O2/c1-7(12(2)3-4-12)15-10-9(13)5-8(6-14-10)11(17)16-18/h5-7,18H,3-4H2,1-2H3,(H,14,15)(H,16,17)/t7-/m0/s1. The first-order valence-corrected chi connectivity index (χ1v) is 5.83. The normalized spacial score (nSPS) is 18.0. The molecule has 5 nitrogen and oxygen atoms in total. The third kappa shape index (κ3) is 2.43. The van der Waals surface area contributed by atoms with Gasteiger partial charge in [-0.05, 0) is 31.2 Å². The molecule has 1 amide bonds. The molecule has 6 heteroatoms.